The Bertz CT molecular complexity index is 1070. The molecule has 0 aromatic heterocycles. The van der Waals surface area contributed by atoms with Crippen LogP contribution in [0.5, 0.6) is 0 Å². The van der Waals surface area contributed by atoms with Gasteiger partial charge in [-0.1, -0.05) is 0 Å². The molecule has 0 heterocycles. The van der Waals surface area contributed by atoms with Gasteiger partial charge in [0.25, 0.3) is 0 Å². The van der Waals surface area contributed by atoms with Crippen molar-refractivity contribution in [3.8, 4) is 0 Å². The Kier molecular flexibility index (Phi) is 11.5. The van der Waals surface area contributed by atoms with E-state index in [9.17, 15) is 119 Å². The molecule has 0 aliphatic carbocycles. The Labute approximate surface area is 235 Å². The number of ether oxygens (including phenoxy) is 6. The summed E-state index contributed by atoms with van der Waals surface area (Å²) in [6.07, 6.45) is -100.0. The van der Waals surface area contributed by atoms with Crippen LogP contribution in [0, 0.1) is 0 Å². The monoisotopic (exact) mass is 780 g/mol. The topological polar surface area (TPSA) is 55.4 Å². The average Bonchev–Trinajstić information content (AvgIpc) is 2.66. The van der Waals surface area contributed by atoms with Gasteiger partial charge in [0, 0.05) is 6.92 Å². The minimum Gasteiger partial charge on any atom is -0.248 e. The summed E-state index contributed by atoms with van der Waals surface area (Å²) in [5.74, 6) is 0. The molecule has 0 saturated heterocycles. The summed E-state index contributed by atoms with van der Waals surface area (Å²) in [6.45, 7) is -0.854. The highest BCUT2D eigenvalue weighted by Crippen LogP contribution is 2.54. The van der Waals surface area contributed by atoms with Gasteiger partial charge in [-0.25, -0.2) is 28.4 Å². The summed E-state index contributed by atoms with van der Waals surface area (Å²) in [6, 6.07) is 0. The molecule has 0 bridgehead atoms. The van der Waals surface area contributed by atoms with Crippen molar-refractivity contribution in [1.29, 1.82) is 0 Å². The van der Waals surface area contributed by atoms with Crippen molar-refractivity contribution in [3.63, 3.8) is 0 Å². The first-order valence-corrected chi connectivity index (χ1v) is 9.55. The van der Waals surface area contributed by atoms with E-state index in [0.717, 1.165) is 18.9 Å². The predicted molar refractivity (Wildman–Crippen MR) is 77.6 cm³/mol. The number of hydrogen-bond donors (Lipinski definition) is 0. The van der Waals surface area contributed by atoms with Gasteiger partial charge >= 0.3 is 79.5 Å². The van der Waals surface area contributed by atoms with Crippen LogP contribution < -0.4 is 0 Å². The third kappa shape index (κ3) is 9.96. The second-order valence-electron chi connectivity index (χ2n) is 7.60. The highest BCUT2D eigenvalue weighted by atomic mass is 19.4. The summed E-state index contributed by atoms with van der Waals surface area (Å²) in [5.41, 5.74) is 0. The van der Waals surface area contributed by atoms with E-state index in [0.29, 0.717) is 0 Å². The Morgan fingerprint density at radius 2 is 0.340 bits per heavy atom. The molecule has 0 atom stereocenters. The van der Waals surface area contributed by atoms with Gasteiger partial charge in [-0.2, -0.15) is 119 Å². The first-order valence-electron chi connectivity index (χ1n) is 9.55. The lowest BCUT2D eigenvalue weighted by molar-refractivity contribution is -0.595. The summed E-state index contributed by atoms with van der Waals surface area (Å²) >= 11 is 0. The number of halogens is 27. The van der Waals surface area contributed by atoms with Gasteiger partial charge in [0.15, 0.2) is 0 Å². The van der Waals surface area contributed by atoms with E-state index in [1.165, 1.54) is 4.74 Å². The van der Waals surface area contributed by atoms with E-state index in [4.69, 9.17) is 0 Å². The molecule has 47 heavy (non-hydrogen) atoms. The summed E-state index contributed by atoms with van der Waals surface area (Å²) in [5, 5.41) is 0. The van der Waals surface area contributed by atoms with Gasteiger partial charge in [-0.15, -0.1) is 0 Å². The predicted octanol–water partition coefficient (Wildman–Crippen LogP) is 8.78. The van der Waals surface area contributed by atoms with Crippen LogP contribution in [-0.2, 0) is 28.4 Å². The molecule has 284 valence electrons. The lowest BCUT2D eigenvalue weighted by atomic mass is 10.4. The highest BCUT2D eigenvalue weighted by Gasteiger charge is 2.80. The van der Waals surface area contributed by atoms with Crippen molar-refractivity contribution < 1.29 is 147 Å². The fraction of sp³-hybridized carbons (Fsp3) is 1.00. The van der Waals surface area contributed by atoms with Crippen LogP contribution >= 0.6 is 0 Å². The van der Waals surface area contributed by atoms with Crippen molar-refractivity contribution in [2.75, 3.05) is 0 Å². The second-order valence-corrected chi connectivity index (χ2v) is 7.60. The van der Waals surface area contributed by atoms with E-state index in [1.54, 1.807) is 0 Å². The van der Waals surface area contributed by atoms with Crippen molar-refractivity contribution in [3.05, 3.63) is 0 Å². The standard InChI is InChI=1S/C14H3F27O6/c1-2(15,16)42-5(22,23)6(24,25)44-9(30,31)10(32,33)46-13(38,39)14(40,41)47-12(36,37)11(34,35)45-8(28,29)7(26,27)43-4(20,21)3(17,18)19/h1H3. The molecule has 0 spiro atoms. The number of alkyl halides is 27. The van der Waals surface area contributed by atoms with Gasteiger partial charge in [-0.05, 0) is 0 Å². The fourth-order valence-electron chi connectivity index (χ4n) is 1.68. The molecule has 0 saturated carbocycles. The number of rotatable bonds is 17. The van der Waals surface area contributed by atoms with Crippen molar-refractivity contribution in [2.45, 2.75) is 86.4 Å². The van der Waals surface area contributed by atoms with Crippen LogP contribution in [0.4, 0.5) is 119 Å². The first-order chi connectivity index (χ1) is 19.7. The normalized spacial score (nSPS) is 16.6. The van der Waals surface area contributed by atoms with Gasteiger partial charge in [-0.3, -0.25) is 0 Å². The van der Waals surface area contributed by atoms with Crippen LogP contribution in [0.3, 0.4) is 0 Å². The SMILES string of the molecule is CC(F)(F)OC(F)(F)C(F)(F)OC(F)(F)C(F)(F)OC(F)(F)C(F)(F)OC(F)(F)C(F)(F)OC(F)(F)C(F)(F)OC(F)(F)C(F)(F)F. The van der Waals surface area contributed by atoms with Gasteiger partial charge in [0.05, 0.1) is 0 Å². The Hall–Kier alpha value is -2.13. The lowest BCUT2D eigenvalue weighted by Gasteiger charge is -2.37. The maximum absolute atomic E-state index is 13.3. The van der Waals surface area contributed by atoms with Gasteiger partial charge < -0.3 is 0 Å². The van der Waals surface area contributed by atoms with Crippen molar-refractivity contribution >= 4 is 0 Å². The molecular weight excluding hydrogens is 777 g/mol. The van der Waals surface area contributed by atoms with E-state index < -0.39 is 86.4 Å². The zero-order valence-corrected chi connectivity index (χ0v) is 20.2. The maximum atomic E-state index is 13.3. The fourth-order valence-corrected chi connectivity index (χ4v) is 1.68. The maximum Gasteiger partial charge on any atom is 0.483 e. The Morgan fingerprint density at radius 3 is 0.468 bits per heavy atom. The third-order valence-corrected chi connectivity index (χ3v) is 3.61. The van der Waals surface area contributed by atoms with Gasteiger partial charge in [0.1, 0.15) is 0 Å². The zero-order valence-electron chi connectivity index (χ0n) is 20.2. The molecular formula is C14H3F27O6. The van der Waals surface area contributed by atoms with Crippen molar-refractivity contribution in [2.24, 2.45) is 0 Å². The van der Waals surface area contributed by atoms with Crippen LogP contribution in [0.1, 0.15) is 6.92 Å². The Balaban J connectivity index is 6.26. The van der Waals surface area contributed by atoms with Crippen LogP contribution in [0.25, 0.3) is 0 Å². The molecule has 0 fully saturated rings. The third-order valence-electron chi connectivity index (χ3n) is 3.61. The molecule has 0 radical (unpaired) electrons. The molecule has 0 aliphatic heterocycles. The van der Waals surface area contributed by atoms with E-state index in [2.05, 4.69) is 0 Å². The second kappa shape index (κ2) is 12.0. The van der Waals surface area contributed by atoms with E-state index >= 15 is 0 Å². The summed E-state index contributed by atoms with van der Waals surface area (Å²) in [7, 11) is 0. The molecule has 0 amide bonds. The highest BCUT2D eigenvalue weighted by molar-refractivity contribution is 4.82. The molecule has 0 unspecified atom stereocenters. The van der Waals surface area contributed by atoms with Crippen LogP contribution in [0.15, 0.2) is 0 Å². The van der Waals surface area contributed by atoms with Crippen molar-refractivity contribution in [1.82, 2.24) is 0 Å². The molecule has 33 heteroatoms. The first kappa shape index (κ1) is 44.9. The summed E-state index contributed by atoms with van der Waals surface area (Å²) in [4.78, 5) is 0. The average molecular weight is 780 g/mol. The molecule has 0 N–H and O–H groups in total. The molecule has 0 aromatic carbocycles. The smallest absolute Gasteiger partial charge is 0.248 e. The van der Waals surface area contributed by atoms with E-state index in [-0.39, 0.29) is 0 Å². The van der Waals surface area contributed by atoms with Crippen LogP contribution in [-0.4, -0.2) is 79.5 Å². The quantitative estimate of drug-likeness (QED) is 0.138. The zero-order chi connectivity index (χ0) is 38.7. The largest absolute Gasteiger partial charge is 0.483 e. The molecule has 6 nitrogen and oxygen atoms in total. The Morgan fingerprint density at radius 1 is 0.213 bits per heavy atom. The van der Waals surface area contributed by atoms with Crippen LogP contribution in [0.2, 0.25) is 0 Å². The lowest BCUT2D eigenvalue weighted by Crippen LogP contribution is -2.62. The molecule has 0 aromatic rings. The molecule has 0 rings (SSSR count). The number of hydrogen-bond acceptors (Lipinski definition) is 6. The minimum absolute atomic E-state index is 0.854. The molecule has 0 aliphatic rings. The summed E-state index contributed by atoms with van der Waals surface area (Å²) < 4.78 is 356. The minimum atomic E-state index is -8.24. The van der Waals surface area contributed by atoms with Gasteiger partial charge in [0.2, 0.25) is 0 Å². The van der Waals surface area contributed by atoms with E-state index in [1.807, 2.05) is 4.74 Å².